The van der Waals surface area contributed by atoms with Crippen LogP contribution in [0, 0.1) is 5.82 Å². The lowest BCUT2D eigenvalue weighted by Gasteiger charge is -2.04. The second-order valence-electron chi connectivity index (χ2n) is 3.23. The van der Waals surface area contributed by atoms with Crippen LogP contribution in [0.1, 0.15) is 18.9 Å². The van der Waals surface area contributed by atoms with Crippen LogP contribution in [0.4, 0.5) is 4.39 Å². The highest BCUT2D eigenvalue weighted by Gasteiger charge is 1.99. The lowest BCUT2D eigenvalue weighted by molar-refractivity contribution is -0.117. The molecule has 3 nitrogen and oxygen atoms in total. The van der Waals surface area contributed by atoms with Gasteiger partial charge in [-0.15, -0.1) is 0 Å². The van der Waals surface area contributed by atoms with E-state index >= 15 is 0 Å². The number of halogens is 1. The number of amides is 1. The predicted molar refractivity (Wildman–Crippen MR) is 60.4 cm³/mol. The molecule has 2 N–H and O–H groups in total. The zero-order valence-electron chi connectivity index (χ0n) is 9.07. The van der Waals surface area contributed by atoms with Gasteiger partial charge in [0, 0.05) is 12.5 Å². The van der Waals surface area contributed by atoms with E-state index in [1.165, 1.54) is 12.1 Å². The van der Waals surface area contributed by atoms with E-state index in [4.69, 9.17) is 10.5 Å². The van der Waals surface area contributed by atoms with Gasteiger partial charge in [0.1, 0.15) is 11.6 Å². The van der Waals surface area contributed by atoms with E-state index in [0.29, 0.717) is 17.9 Å². The Hall–Kier alpha value is -1.84. The van der Waals surface area contributed by atoms with Crippen LogP contribution >= 0.6 is 0 Å². The van der Waals surface area contributed by atoms with Gasteiger partial charge in [0.2, 0.25) is 5.91 Å². The number of nitrogens with two attached hydrogens (primary N) is 1. The second kappa shape index (κ2) is 5.90. The Kier molecular flexibility index (Phi) is 4.51. The van der Waals surface area contributed by atoms with Gasteiger partial charge in [-0.1, -0.05) is 12.2 Å². The number of primary amides is 1. The van der Waals surface area contributed by atoms with Gasteiger partial charge in [0.25, 0.3) is 0 Å². The zero-order valence-corrected chi connectivity index (χ0v) is 9.07. The summed E-state index contributed by atoms with van der Waals surface area (Å²) in [4.78, 5) is 10.5. The second-order valence-corrected chi connectivity index (χ2v) is 3.23. The minimum absolute atomic E-state index is 0.139. The summed E-state index contributed by atoms with van der Waals surface area (Å²) in [6.07, 6.45) is 3.36. The van der Waals surface area contributed by atoms with Gasteiger partial charge in [-0.25, -0.2) is 4.39 Å². The van der Waals surface area contributed by atoms with E-state index in [9.17, 15) is 9.18 Å². The van der Waals surface area contributed by atoms with Crippen LogP contribution < -0.4 is 10.5 Å². The molecule has 0 fully saturated rings. The summed E-state index contributed by atoms with van der Waals surface area (Å²) in [5.74, 6) is -0.316. The molecular formula is C12H14FNO2. The largest absolute Gasteiger partial charge is 0.494 e. The van der Waals surface area contributed by atoms with Gasteiger partial charge in [-0.2, -0.15) is 0 Å². The molecule has 0 saturated carbocycles. The van der Waals surface area contributed by atoms with Gasteiger partial charge in [0.05, 0.1) is 6.61 Å². The van der Waals surface area contributed by atoms with Gasteiger partial charge in [-0.05, 0) is 24.6 Å². The summed E-state index contributed by atoms with van der Waals surface area (Å²) in [7, 11) is 0. The summed E-state index contributed by atoms with van der Waals surface area (Å²) in [5, 5.41) is 0. The summed E-state index contributed by atoms with van der Waals surface area (Å²) >= 11 is 0. The Morgan fingerprint density at radius 3 is 2.88 bits per heavy atom. The Bertz CT molecular complexity index is 402. The Balaban J connectivity index is 2.79. The first kappa shape index (κ1) is 12.2. The molecule has 0 radical (unpaired) electrons. The number of carbonyl (C=O) groups is 1. The maximum Gasteiger partial charge on any atom is 0.221 e. The first-order valence-electron chi connectivity index (χ1n) is 5.00. The minimum atomic E-state index is -0.419. The molecule has 0 spiro atoms. The van der Waals surface area contributed by atoms with Crippen molar-refractivity contribution in [1.82, 2.24) is 0 Å². The molecule has 0 aliphatic rings. The molecule has 0 aliphatic carbocycles. The Morgan fingerprint density at radius 2 is 2.25 bits per heavy atom. The van der Waals surface area contributed by atoms with E-state index in [1.807, 2.05) is 6.92 Å². The molecule has 0 bridgehead atoms. The van der Waals surface area contributed by atoms with E-state index in [-0.39, 0.29) is 12.2 Å². The number of rotatable bonds is 5. The van der Waals surface area contributed by atoms with Gasteiger partial charge in [0.15, 0.2) is 0 Å². The molecular weight excluding hydrogens is 209 g/mol. The van der Waals surface area contributed by atoms with Gasteiger partial charge in [-0.3, -0.25) is 4.79 Å². The number of benzene rings is 1. The molecule has 1 aromatic carbocycles. The smallest absolute Gasteiger partial charge is 0.221 e. The summed E-state index contributed by atoms with van der Waals surface area (Å²) in [6.45, 7) is 2.31. The average molecular weight is 223 g/mol. The molecule has 0 atom stereocenters. The molecule has 0 aliphatic heterocycles. The summed E-state index contributed by atoms with van der Waals surface area (Å²) in [5.41, 5.74) is 5.62. The first-order chi connectivity index (χ1) is 7.61. The number of carbonyl (C=O) groups excluding carboxylic acids is 1. The van der Waals surface area contributed by atoms with Crippen LogP contribution in [-0.4, -0.2) is 12.5 Å². The van der Waals surface area contributed by atoms with Gasteiger partial charge < -0.3 is 10.5 Å². The van der Waals surface area contributed by atoms with E-state index in [2.05, 4.69) is 0 Å². The van der Waals surface area contributed by atoms with E-state index in [1.54, 1.807) is 18.2 Å². The van der Waals surface area contributed by atoms with Crippen LogP contribution in [0.3, 0.4) is 0 Å². The average Bonchev–Trinajstić information content (AvgIpc) is 2.16. The highest BCUT2D eigenvalue weighted by Crippen LogP contribution is 2.17. The number of ether oxygens (including phenoxy) is 1. The molecule has 1 rings (SSSR count). The van der Waals surface area contributed by atoms with Crippen LogP contribution in [0.15, 0.2) is 24.3 Å². The van der Waals surface area contributed by atoms with Crippen molar-refractivity contribution in [1.29, 1.82) is 0 Å². The van der Waals surface area contributed by atoms with Crippen molar-refractivity contribution in [2.45, 2.75) is 13.3 Å². The number of hydrogen-bond acceptors (Lipinski definition) is 2. The fraction of sp³-hybridized carbons (Fsp3) is 0.250. The van der Waals surface area contributed by atoms with Crippen LogP contribution in [-0.2, 0) is 4.79 Å². The summed E-state index contributed by atoms with van der Waals surface area (Å²) in [6, 6.07) is 4.37. The fourth-order valence-electron chi connectivity index (χ4n) is 1.24. The maximum absolute atomic E-state index is 13.1. The molecule has 1 amide bonds. The monoisotopic (exact) mass is 223 g/mol. The van der Waals surface area contributed by atoms with E-state index < -0.39 is 5.91 Å². The van der Waals surface area contributed by atoms with Crippen molar-refractivity contribution in [2.24, 2.45) is 5.73 Å². The normalized spacial score (nSPS) is 10.6. The zero-order chi connectivity index (χ0) is 12.0. The molecule has 0 saturated heterocycles. The number of hydrogen-bond donors (Lipinski definition) is 1. The van der Waals surface area contributed by atoms with E-state index in [0.717, 1.165) is 0 Å². The lowest BCUT2D eigenvalue weighted by atomic mass is 10.2. The van der Waals surface area contributed by atoms with Crippen LogP contribution in [0.25, 0.3) is 6.08 Å². The first-order valence-corrected chi connectivity index (χ1v) is 5.00. The molecule has 0 unspecified atom stereocenters. The third-order valence-corrected chi connectivity index (χ3v) is 1.83. The predicted octanol–water partition coefficient (Wildman–Crippen LogP) is 2.11. The Morgan fingerprint density at radius 1 is 1.50 bits per heavy atom. The molecule has 16 heavy (non-hydrogen) atoms. The van der Waals surface area contributed by atoms with Crippen molar-refractivity contribution in [3.63, 3.8) is 0 Å². The van der Waals surface area contributed by atoms with Gasteiger partial charge >= 0.3 is 0 Å². The maximum atomic E-state index is 13.1. The SMILES string of the molecule is CCOc1cc(F)cc(C=CCC(N)=O)c1. The van der Waals surface area contributed by atoms with Crippen LogP contribution in [0.5, 0.6) is 5.75 Å². The molecule has 0 heterocycles. The highest BCUT2D eigenvalue weighted by molar-refractivity contribution is 5.76. The van der Waals surface area contributed by atoms with Crippen molar-refractivity contribution in [2.75, 3.05) is 6.61 Å². The van der Waals surface area contributed by atoms with Crippen molar-refractivity contribution >= 4 is 12.0 Å². The molecule has 0 aromatic heterocycles. The molecule has 1 aromatic rings. The Labute approximate surface area is 93.7 Å². The van der Waals surface area contributed by atoms with Crippen LogP contribution in [0.2, 0.25) is 0 Å². The molecule has 4 heteroatoms. The third-order valence-electron chi connectivity index (χ3n) is 1.83. The standard InChI is InChI=1S/C12H14FNO2/c1-2-16-11-7-9(6-10(13)8-11)4-3-5-12(14)15/h3-4,6-8H,2,5H2,1H3,(H2,14,15). The van der Waals surface area contributed by atoms with Crippen molar-refractivity contribution in [3.05, 3.63) is 35.7 Å². The minimum Gasteiger partial charge on any atom is -0.494 e. The lowest BCUT2D eigenvalue weighted by Crippen LogP contribution is -2.07. The van der Waals surface area contributed by atoms with Crippen molar-refractivity contribution < 1.29 is 13.9 Å². The molecule has 86 valence electrons. The fourth-order valence-corrected chi connectivity index (χ4v) is 1.24. The highest BCUT2D eigenvalue weighted by atomic mass is 19.1. The quantitative estimate of drug-likeness (QED) is 0.831. The summed E-state index contributed by atoms with van der Waals surface area (Å²) < 4.78 is 18.3. The third kappa shape index (κ3) is 4.13. The topological polar surface area (TPSA) is 52.3 Å². The van der Waals surface area contributed by atoms with Crippen molar-refractivity contribution in [3.8, 4) is 5.75 Å².